The molecule has 0 aliphatic carbocycles. The highest BCUT2D eigenvalue weighted by molar-refractivity contribution is 7.92. The second-order valence-corrected chi connectivity index (χ2v) is 5.52. The molecule has 0 radical (unpaired) electrons. The maximum Gasteiger partial charge on any atom is 0.304 e. The molecule has 0 heterocycles. The van der Waals surface area contributed by atoms with Crippen LogP contribution in [0.1, 0.15) is 12.0 Å². The Bertz CT molecular complexity index is 537. The van der Waals surface area contributed by atoms with Crippen molar-refractivity contribution in [1.82, 2.24) is 4.72 Å². The van der Waals surface area contributed by atoms with Gasteiger partial charge in [-0.25, -0.2) is 13.1 Å². The van der Waals surface area contributed by atoms with Gasteiger partial charge in [0, 0.05) is 17.0 Å². The van der Waals surface area contributed by atoms with E-state index < -0.39 is 16.0 Å². The average Bonchev–Trinajstić information content (AvgIpc) is 2.27. The largest absolute Gasteiger partial charge is 0.481 e. The molecular weight excluding hydrogens is 278 g/mol. The van der Waals surface area contributed by atoms with E-state index in [1.54, 1.807) is 24.3 Å². The molecule has 1 aromatic rings. The lowest BCUT2D eigenvalue weighted by Crippen LogP contribution is -2.24. The molecule has 0 spiro atoms. The number of sulfonamides is 1. The van der Waals surface area contributed by atoms with Crippen LogP contribution in [-0.4, -0.2) is 26.0 Å². The molecule has 1 aromatic carbocycles. The van der Waals surface area contributed by atoms with Crippen molar-refractivity contribution in [1.29, 1.82) is 0 Å². The Balaban J connectivity index is 2.59. The summed E-state index contributed by atoms with van der Waals surface area (Å²) in [5.74, 6) is -1.06. The Morgan fingerprint density at radius 3 is 2.50 bits per heavy atom. The predicted molar refractivity (Wildman–Crippen MR) is 69.7 cm³/mol. The molecule has 7 heteroatoms. The van der Waals surface area contributed by atoms with E-state index in [1.165, 1.54) is 6.08 Å². The first-order valence-corrected chi connectivity index (χ1v) is 6.96. The number of nitrogens with one attached hydrogen (secondary N) is 1. The van der Waals surface area contributed by atoms with Gasteiger partial charge in [-0.05, 0) is 23.8 Å². The molecule has 0 aliphatic heterocycles. The van der Waals surface area contributed by atoms with Crippen LogP contribution in [0.2, 0.25) is 5.02 Å². The van der Waals surface area contributed by atoms with Gasteiger partial charge in [0.2, 0.25) is 10.0 Å². The van der Waals surface area contributed by atoms with Crippen LogP contribution < -0.4 is 4.72 Å². The summed E-state index contributed by atoms with van der Waals surface area (Å²) >= 11 is 5.69. The number of hydrogen-bond donors (Lipinski definition) is 2. The van der Waals surface area contributed by atoms with Gasteiger partial charge in [0.15, 0.2) is 0 Å². The number of rotatable bonds is 6. The third-order valence-corrected chi connectivity index (χ3v) is 3.30. The van der Waals surface area contributed by atoms with Gasteiger partial charge in [-0.2, -0.15) is 0 Å². The fourth-order valence-electron chi connectivity index (χ4n) is 1.09. The van der Waals surface area contributed by atoms with Crippen LogP contribution >= 0.6 is 11.6 Å². The van der Waals surface area contributed by atoms with Crippen molar-refractivity contribution >= 4 is 33.7 Å². The lowest BCUT2D eigenvalue weighted by molar-refractivity contribution is -0.136. The SMILES string of the molecule is O=C(O)CCNS(=O)(=O)/C=C/c1ccc(Cl)cc1. The molecule has 0 amide bonds. The van der Waals surface area contributed by atoms with E-state index in [1.807, 2.05) is 0 Å². The number of aliphatic carboxylic acids is 1. The fourth-order valence-corrected chi connectivity index (χ4v) is 2.04. The van der Waals surface area contributed by atoms with E-state index in [0.29, 0.717) is 10.6 Å². The Morgan fingerprint density at radius 2 is 1.94 bits per heavy atom. The predicted octanol–water partition coefficient (Wildman–Crippen LogP) is 1.70. The molecule has 5 nitrogen and oxygen atoms in total. The van der Waals surface area contributed by atoms with E-state index in [4.69, 9.17) is 16.7 Å². The third kappa shape index (κ3) is 5.81. The summed E-state index contributed by atoms with van der Waals surface area (Å²) in [6.07, 6.45) is 1.15. The van der Waals surface area contributed by atoms with Crippen LogP contribution in [0.3, 0.4) is 0 Å². The van der Waals surface area contributed by atoms with Gasteiger partial charge in [0.1, 0.15) is 0 Å². The fraction of sp³-hybridized carbons (Fsp3) is 0.182. The van der Waals surface area contributed by atoms with Crippen molar-refractivity contribution in [3.63, 3.8) is 0 Å². The standard InChI is InChI=1S/C11H12ClNO4S/c12-10-3-1-9(2-4-10)6-8-18(16,17)13-7-5-11(14)15/h1-4,6,8,13H,5,7H2,(H,14,15)/b8-6+. The maximum absolute atomic E-state index is 11.4. The third-order valence-electron chi connectivity index (χ3n) is 1.95. The number of benzene rings is 1. The minimum absolute atomic E-state index is 0.136. The summed E-state index contributed by atoms with van der Waals surface area (Å²) in [6, 6.07) is 6.63. The Morgan fingerprint density at radius 1 is 1.33 bits per heavy atom. The number of hydrogen-bond acceptors (Lipinski definition) is 3. The summed E-state index contributed by atoms with van der Waals surface area (Å²) < 4.78 is 25.0. The molecule has 0 saturated carbocycles. The molecule has 1 rings (SSSR count). The topological polar surface area (TPSA) is 83.5 Å². The Labute approximate surface area is 110 Å². The summed E-state index contributed by atoms with van der Waals surface area (Å²) in [7, 11) is -3.61. The minimum Gasteiger partial charge on any atom is -0.481 e. The van der Waals surface area contributed by atoms with Gasteiger partial charge in [0.05, 0.1) is 6.42 Å². The highest BCUT2D eigenvalue weighted by atomic mass is 35.5. The van der Waals surface area contributed by atoms with Crippen molar-refractivity contribution < 1.29 is 18.3 Å². The number of carboxylic acids is 1. The molecule has 0 aromatic heterocycles. The first-order chi connectivity index (χ1) is 8.39. The van der Waals surface area contributed by atoms with Gasteiger partial charge in [0.25, 0.3) is 0 Å². The second kappa shape index (κ2) is 6.53. The molecule has 0 unspecified atom stereocenters. The average molecular weight is 290 g/mol. The van der Waals surface area contributed by atoms with Crippen LogP contribution in [0.15, 0.2) is 29.7 Å². The second-order valence-electron chi connectivity index (χ2n) is 3.44. The zero-order valence-corrected chi connectivity index (χ0v) is 10.9. The van der Waals surface area contributed by atoms with Gasteiger partial charge in [-0.15, -0.1) is 0 Å². The number of carbonyl (C=O) groups is 1. The van der Waals surface area contributed by atoms with Crippen LogP contribution in [-0.2, 0) is 14.8 Å². The number of halogens is 1. The molecule has 0 fully saturated rings. The van der Waals surface area contributed by atoms with Gasteiger partial charge >= 0.3 is 5.97 Å². The monoisotopic (exact) mass is 289 g/mol. The van der Waals surface area contributed by atoms with Crippen LogP contribution in [0, 0.1) is 0 Å². The van der Waals surface area contributed by atoms with Crippen molar-refractivity contribution in [3.05, 3.63) is 40.3 Å². The normalized spacial score (nSPS) is 11.8. The molecule has 0 saturated heterocycles. The first-order valence-electron chi connectivity index (χ1n) is 5.04. The summed E-state index contributed by atoms with van der Waals surface area (Å²) in [5.41, 5.74) is 0.683. The smallest absolute Gasteiger partial charge is 0.304 e. The first kappa shape index (κ1) is 14.7. The lowest BCUT2D eigenvalue weighted by Gasteiger charge is -2.00. The molecule has 0 bridgehead atoms. The Hall–Kier alpha value is -1.37. The summed E-state index contributed by atoms with van der Waals surface area (Å²) in [5, 5.41) is 9.93. The zero-order valence-electron chi connectivity index (χ0n) is 9.34. The number of carboxylic acid groups (broad SMARTS) is 1. The van der Waals surface area contributed by atoms with Crippen LogP contribution in [0.4, 0.5) is 0 Å². The van der Waals surface area contributed by atoms with Gasteiger partial charge in [-0.3, -0.25) is 4.79 Å². The highest BCUT2D eigenvalue weighted by Crippen LogP contribution is 2.10. The lowest BCUT2D eigenvalue weighted by atomic mass is 10.2. The summed E-state index contributed by atoms with van der Waals surface area (Å²) in [4.78, 5) is 10.2. The highest BCUT2D eigenvalue weighted by Gasteiger charge is 2.05. The molecule has 98 valence electrons. The quantitative estimate of drug-likeness (QED) is 0.835. The molecule has 18 heavy (non-hydrogen) atoms. The minimum atomic E-state index is -3.61. The Kier molecular flexibility index (Phi) is 5.33. The molecule has 2 N–H and O–H groups in total. The van der Waals surface area contributed by atoms with E-state index in [0.717, 1.165) is 5.41 Å². The van der Waals surface area contributed by atoms with Crippen LogP contribution in [0.25, 0.3) is 6.08 Å². The maximum atomic E-state index is 11.4. The van der Waals surface area contributed by atoms with E-state index >= 15 is 0 Å². The van der Waals surface area contributed by atoms with E-state index in [-0.39, 0.29) is 13.0 Å². The van der Waals surface area contributed by atoms with Crippen molar-refractivity contribution in [2.24, 2.45) is 0 Å². The molecule has 0 aliphatic rings. The van der Waals surface area contributed by atoms with E-state index in [2.05, 4.69) is 4.72 Å². The zero-order chi connectivity index (χ0) is 13.6. The van der Waals surface area contributed by atoms with Gasteiger partial charge < -0.3 is 5.11 Å². The van der Waals surface area contributed by atoms with Crippen molar-refractivity contribution in [2.45, 2.75) is 6.42 Å². The van der Waals surface area contributed by atoms with Crippen molar-refractivity contribution in [2.75, 3.05) is 6.54 Å². The molecule has 0 atom stereocenters. The van der Waals surface area contributed by atoms with E-state index in [9.17, 15) is 13.2 Å². The van der Waals surface area contributed by atoms with Crippen molar-refractivity contribution in [3.8, 4) is 0 Å². The van der Waals surface area contributed by atoms with Gasteiger partial charge in [-0.1, -0.05) is 23.7 Å². The molecular formula is C11H12ClNO4S. The van der Waals surface area contributed by atoms with Crippen LogP contribution in [0.5, 0.6) is 0 Å². The summed E-state index contributed by atoms with van der Waals surface area (Å²) in [6.45, 7) is -0.136.